The van der Waals surface area contributed by atoms with E-state index >= 15 is 0 Å². The normalized spacial score (nSPS) is 10.3. The standard InChI is InChI=1S/C13H17Cl/c1-9(2)5-6-12-7-10(3)11(4)13(14)8-12/h7-8H,1,5-6H2,2-4H3. The molecule has 14 heavy (non-hydrogen) atoms. The number of aryl methyl sites for hydroxylation is 2. The fourth-order valence-corrected chi connectivity index (χ4v) is 1.68. The molecule has 0 atom stereocenters. The van der Waals surface area contributed by atoms with Crippen molar-refractivity contribution in [2.24, 2.45) is 0 Å². The highest BCUT2D eigenvalue weighted by Gasteiger charge is 2.02. The Bertz CT molecular complexity index is 327. The molecule has 0 nitrogen and oxygen atoms in total. The first-order valence-electron chi connectivity index (χ1n) is 4.90. The molecule has 0 aliphatic carbocycles. The summed E-state index contributed by atoms with van der Waals surface area (Å²) >= 11 is 6.11. The van der Waals surface area contributed by atoms with E-state index in [2.05, 4.69) is 39.5 Å². The first-order valence-corrected chi connectivity index (χ1v) is 5.28. The lowest BCUT2D eigenvalue weighted by Gasteiger charge is -2.07. The van der Waals surface area contributed by atoms with Crippen molar-refractivity contribution in [1.82, 2.24) is 0 Å². The molecule has 0 fully saturated rings. The lowest BCUT2D eigenvalue weighted by Crippen LogP contribution is -1.90. The summed E-state index contributed by atoms with van der Waals surface area (Å²) in [4.78, 5) is 0. The third-order valence-corrected chi connectivity index (χ3v) is 2.90. The van der Waals surface area contributed by atoms with Gasteiger partial charge in [0.1, 0.15) is 0 Å². The average Bonchev–Trinajstić information content (AvgIpc) is 2.10. The lowest BCUT2D eigenvalue weighted by atomic mass is 10.0. The fraction of sp³-hybridized carbons (Fsp3) is 0.385. The molecule has 0 aromatic heterocycles. The van der Waals surface area contributed by atoms with Crippen LogP contribution in [0, 0.1) is 13.8 Å². The van der Waals surface area contributed by atoms with E-state index in [1.165, 1.54) is 22.3 Å². The predicted octanol–water partition coefficient (Wildman–Crippen LogP) is 4.47. The van der Waals surface area contributed by atoms with Crippen molar-refractivity contribution >= 4 is 11.6 Å². The predicted molar refractivity (Wildman–Crippen MR) is 64.1 cm³/mol. The third-order valence-electron chi connectivity index (χ3n) is 2.50. The van der Waals surface area contributed by atoms with Gasteiger partial charge in [0.25, 0.3) is 0 Å². The summed E-state index contributed by atoms with van der Waals surface area (Å²) in [5.74, 6) is 0. The molecule has 0 aliphatic heterocycles. The van der Waals surface area contributed by atoms with Gasteiger partial charge in [-0.2, -0.15) is 0 Å². The zero-order valence-corrected chi connectivity index (χ0v) is 9.91. The second-order valence-corrected chi connectivity index (χ2v) is 4.38. The summed E-state index contributed by atoms with van der Waals surface area (Å²) in [6, 6.07) is 4.27. The maximum atomic E-state index is 6.11. The van der Waals surface area contributed by atoms with E-state index in [1.54, 1.807) is 0 Å². The monoisotopic (exact) mass is 208 g/mol. The molecular weight excluding hydrogens is 192 g/mol. The molecule has 0 N–H and O–H groups in total. The number of allylic oxidation sites excluding steroid dienone is 1. The average molecular weight is 209 g/mol. The highest BCUT2D eigenvalue weighted by Crippen LogP contribution is 2.22. The summed E-state index contributed by atoms with van der Waals surface area (Å²) in [6.07, 6.45) is 2.08. The first-order chi connectivity index (χ1) is 6.50. The molecule has 1 aromatic carbocycles. The zero-order chi connectivity index (χ0) is 10.7. The smallest absolute Gasteiger partial charge is 0.0440 e. The van der Waals surface area contributed by atoms with Gasteiger partial charge in [-0.3, -0.25) is 0 Å². The van der Waals surface area contributed by atoms with Gasteiger partial charge in [-0.1, -0.05) is 23.2 Å². The van der Waals surface area contributed by atoms with Crippen LogP contribution in [-0.2, 0) is 6.42 Å². The maximum absolute atomic E-state index is 6.11. The Morgan fingerprint density at radius 3 is 2.50 bits per heavy atom. The van der Waals surface area contributed by atoms with Gasteiger partial charge in [0.05, 0.1) is 0 Å². The number of halogens is 1. The molecule has 0 saturated heterocycles. The minimum Gasteiger partial charge on any atom is -0.100 e. The van der Waals surface area contributed by atoms with Gasteiger partial charge in [-0.15, -0.1) is 6.58 Å². The van der Waals surface area contributed by atoms with Crippen LogP contribution >= 0.6 is 11.6 Å². The second kappa shape index (κ2) is 4.65. The Morgan fingerprint density at radius 1 is 1.36 bits per heavy atom. The Kier molecular flexibility index (Phi) is 3.77. The summed E-state index contributed by atoms with van der Waals surface area (Å²) in [6.45, 7) is 10.1. The highest BCUT2D eigenvalue weighted by molar-refractivity contribution is 6.31. The SMILES string of the molecule is C=C(C)CCc1cc(C)c(C)c(Cl)c1. The largest absolute Gasteiger partial charge is 0.100 e. The van der Waals surface area contributed by atoms with Crippen molar-refractivity contribution in [2.75, 3.05) is 0 Å². The topological polar surface area (TPSA) is 0 Å². The quantitative estimate of drug-likeness (QED) is 0.644. The van der Waals surface area contributed by atoms with Gasteiger partial charge < -0.3 is 0 Å². The molecule has 1 rings (SSSR count). The Morgan fingerprint density at radius 2 is 2.00 bits per heavy atom. The van der Waals surface area contributed by atoms with Gasteiger partial charge in [-0.05, 0) is 56.4 Å². The summed E-state index contributed by atoms with van der Waals surface area (Å²) in [5, 5.41) is 0.877. The maximum Gasteiger partial charge on any atom is 0.0440 e. The van der Waals surface area contributed by atoms with Gasteiger partial charge in [0.15, 0.2) is 0 Å². The van der Waals surface area contributed by atoms with Crippen LogP contribution in [0.2, 0.25) is 5.02 Å². The van der Waals surface area contributed by atoms with Crippen molar-refractivity contribution in [3.8, 4) is 0 Å². The van der Waals surface area contributed by atoms with Crippen LogP contribution in [0.1, 0.15) is 30.0 Å². The minimum absolute atomic E-state index is 0.877. The van der Waals surface area contributed by atoms with Crippen molar-refractivity contribution in [3.63, 3.8) is 0 Å². The van der Waals surface area contributed by atoms with E-state index in [1.807, 2.05) is 0 Å². The number of benzene rings is 1. The molecule has 76 valence electrons. The molecule has 0 amide bonds. The highest BCUT2D eigenvalue weighted by atomic mass is 35.5. The van der Waals surface area contributed by atoms with Gasteiger partial charge in [0, 0.05) is 5.02 Å². The van der Waals surface area contributed by atoms with E-state index in [4.69, 9.17) is 11.6 Å². The number of rotatable bonds is 3. The molecule has 0 spiro atoms. The zero-order valence-electron chi connectivity index (χ0n) is 9.15. The summed E-state index contributed by atoms with van der Waals surface area (Å²) in [7, 11) is 0. The van der Waals surface area contributed by atoms with Gasteiger partial charge >= 0.3 is 0 Å². The lowest BCUT2D eigenvalue weighted by molar-refractivity contribution is 0.943. The van der Waals surface area contributed by atoms with Crippen LogP contribution < -0.4 is 0 Å². The van der Waals surface area contributed by atoms with Crippen LogP contribution in [0.15, 0.2) is 24.3 Å². The van der Waals surface area contributed by atoms with E-state index in [-0.39, 0.29) is 0 Å². The molecule has 0 saturated carbocycles. The first kappa shape index (κ1) is 11.3. The van der Waals surface area contributed by atoms with E-state index in [0.717, 1.165) is 17.9 Å². The van der Waals surface area contributed by atoms with Crippen molar-refractivity contribution in [3.05, 3.63) is 46.0 Å². The van der Waals surface area contributed by atoms with Crippen molar-refractivity contribution in [2.45, 2.75) is 33.6 Å². The Labute approximate surface area is 91.6 Å². The van der Waals surface area contributed by atoms with Crippen LogP contribution in [0.3, 0.4) is 0 Å². The summed E-state index contributed by atoms with van der Waals surface area (Å²) < 4.78 is 0. The Hall–Kier alpha value is -0.750. The molecule has 0 unspecified atom stereocenters. The van der Waals surface area contributed by atoms with Gasteiger partial charge in [-0.25, -0.2) is 0 Å². The third kappa shape index (κ3) is 2.88. The molecule has 1 heteroatoms. The molecular formula is C13H17Cl. The van der Waals surface area contributed by atoms with Crippen LogP contribution in [-0.4, -0.2) is 0 Å². The van der Waals surface area contributed by atoms with Crippen LogP contribution in [0.5, 0.6) is 0 Å². The van der Waals surface area contributed by atoms with Crippen LogP contribution in [0.4, 0.5) is 0 Å². The molecule has 0 bridgehead atoms. The van der Waals surface area contributed by atoms with Crippen molar-refractivity contribution < 1.29 is 0 Å². The molecule has 0 aliphatic rings. The number of hydrogen-bond donors (Lipinski definition) is 0. The molecule has 0 radical (unpaired) electrons. The van der Waals surface area contributed by atoms with E-state index in [9.17, 15) is 0 Å². The second-order valence-electron chi connectivity index (χ2n) is 3.98. The van der Waals surface area contributed by atoms with E-state index < -0.39 is 0 Å². The summed E-state index contributed by atoms with van der Waals surface area (Å²) in [5.41, 5.74) is 4.99. The van der Waals surface area contributed by atoms with E-state index in [0.29, 0.717) is 0 Å². The Balaban J connectivity index is 2.84. The number of hydrogen-bond acceptors (Lipinski definition) is 0. The minimum atomic E-state index is 0.877. The molecule has 1 aromatic rings. The van der Waals surface area contributed by atoms with Crippen LogP contribution in [0.25, 0.3) is 0 Å². The van der Waals surface area contributed by atoms with Gasteiger partial charge in [0.2, 0.25) is 0 Å². The molecule has 0 heterocycles. The van der Waals surface area contributed by atoms with Crippen molar-refractivity contribution in [1.29, 1.82) is 0 Å². The fourth-order valence-electron chi connectivity index (χ4n) is 1.39.